The fourth-order valence-corrected chi connectivity index (χ4v) is 2.66. The maximum absolute atomic E-state index is 6.33. The summed E-state index contributed by atoms with van der Waals surface area (Å²) in [6.45, 7) is 2.06. The molecule has 2 aromatic rings. The number of hydrogen-bond acceptors (Lipinski definition) is 1. The molecule has 0 radical (unpaired) electrons. The van der Waals surface area contributed by atoms with Crippen LogP contribution < -0.4 is 5.32 Å². The monoisotopic (exact) mass is 313 g/mol. The van der Waals surface area contributed by atoms with Crippen LogP contribution in [0.25, 0.3) is 11.1 Å². The molecule has 2 rings (SSSR count). The van der Waals surface area contributed by atoms with Crippen molar-refractivity contribution in [2.45, 2.75) is 13.0 Å². The van der Waals surface area contributed by atoms with Crippen LogP contribution in [0.15, 0.2) is 36.4 Å². The molecule has 0 aliphatic heterocycles. The van der Waals surface area contributed by atoms with E-state index < -0.39 is 0 Å². The Morgan fingerprint density at radius 1 is 0.947 bits per heavy atom. The molecule has 2 aromatic carbocycles. The summed E-state index contributed by atoms with van der Waals surface area (Å²) >= 11 is 18.5. The van der Waals surface area contributed by atoms with Crippen LogP contribution in [0, 0.1) is 0 Å². The fourth-order valence-electron chi connectivity index (χ4n) is 1.92. The van der Waals surface area contributed by atoms with Crippen LogP contribution in [0.3, 0.4) is 0 Å². The van der Waals surface area contributed by atoms with Crippen molar-refractivity contribution in [3.63, 3.8) is 0 Å². The predicted molar refractivity (Wildman–Crippen MR) is 84.4 cm³/mol. The lowest BCUT2D eigenvalue weighted by atomic mass is 10.0. The van der Waals surface area contributed by atoms with Gasteiger partial charge in [-0.3, -0.25) is 0 Å². The molecule has 4 heteroatoms. The third-order valence-corrected chi connectivity index (χ3v) is 4.03. The Kier molecular flexibility index (Phi) is 4.75. The van der Waals surface area contributed by atoms with E-state index >= 15 is 0 Å². The lowest BCUT2D eigenvalue weighted by molar-refractivity contribution is 0.652. The summed E-state index contributed by atoms with van der Waals surface area (Å²) in [7, 11) is 1.91. The van der Waals surface area contributed by atoms with Crippen molar-refractivity contribution >= 4 is 34.8 Å². The van der Waals surface area contributed by atoms with Crippen LogP contribution in [0.1, 0.15) is 18.5 Å². The van der Waals surface area contributed by atoms with Gasteiger partial charge in [-0.2, -0.15) is 0 Å². The largest absolute Gasteiger partial charge is 0.313 e. The topological polar surface area (TPSA) is 12.0 Å². The minimum absolute atomic E-state index is 0.205. The zero-order valence-electron chi connectivity index (χ0n) is 10.7. The van der Waals surface area contributed by atoms with Crippen molar-refractivity contribution < 1.29 is 0 Å². The molecule has 1 atom stereocenters. The number of benzene rings is 2. The van der Waals surface area contributed by atoms with Crippen LogP contribution in [-0.4, -0.2) is 7.05 Å². The average Bonchev–Trinajstić information content (AvgIpc) is 2.40. The highest BCUT2D eigenvalue weighted by Gasteiger charge is 2.10. The van der Waals surface area contributed by atoms with Gasteiger partial charge in [-0.25, -0.2) is 0 Å². The molecule has 1 nitrogen and oxygen atoms in total. The normalized spacial score (nSPS) is 12.5. The highest BCUT2D eigenvalue weighted by Crippen LogP contribution is 2.34. The molecule has 1 unspecified atom stereocenters. The van der Waals surface area contributed by atoms with Gasteiger partial charge in [-0.05, 0) is 49.4 Å². The van der Waals surface area contributed by atoms with E-state index in [1.807, 2.05) is 31.3 Å². The Hall–Kier alpha value is -0.730. The van der Waals surface area contributed by atoms with Gasteiger partial charge in [0.25, 0.3) is 0 Å². The zero-order valence-corrected chi connectivity index (χ0v) is 12.9. The lowest BCUT2D eigenvalue weighted by Crippen LogP contribution is -2.12. The van der Waals surface area contributed by atoms with Crippen LogP contribution >= 0.6 is 34.8 Å². The molecule has 0 bridgehead atoms. The smallest absolute Gasteiger partial charge is 0.0485 e. The summed E-state index contributed by atoms with van der Waals surface area (Å²) < 4.78 is 0. The summed E-state index contributed by atoms with van der Waals surface area (Å²) in [5.41, 5.74) is 2.91. The van der Waals surface area contributed by atoms with Crippen molar-refractivity contribution in [1.82, 2.24) is 5.32 Å². The number of rotatable bonds is 3. The van der Waals surface area contributed by atoms with Crippen molar-refractivity contribution in [3.05, 3.63) is 57.0 Å². The minimum atomic E-state index is 0.205. The first-order valence-electron chi connectivity index (χ1n) is 5.95. The molecule has 0 aromatic heterocycles. The summed E-state index contributed by atoms with van der Waals surface area (Å²) in [6, 6.07) is 11.5. The molecule has 0 saturated heterocycles. The molecule has 0 spiro atoms. The quantitative estimate of drug-likeness (QED) is 0.778. The van der Waals surface area contributed by atoms with Crippen LogP contribution in [0.4, 0.5) is 0 Å². The Morgan fingerprint density at radius 2 is 1.68 bits per heavy atom. The first-order chi connectivity index (χ1) is 9.02. The molecule has 0 amide bonds. The summed E-state index contributed by atoms with van der Waals surface area (Å²) in [5, 5.41) is 5.21. The van der Waals surface area contributed by atoms with Crippen LogP contribution in [0.5, 0.6) is 0 Å². The van der Waals surface area contributed by atoms with E-state index in [-0.39, 0.29) is 6.04 Å². The molecule has 0 saturated carbocycles. The summed E-state index contributed by atoms with van der Waals surface area (Å²) in [4.78, 5) is 0. The highest BCUT2D eigenvalue weighted by molar-refractivity contribution is 6.35. The standard InChI is InChI=1S/C15H14Cl3N/c1-9(19-2)12-5-3-10(7-15(12)18)13-8-11(16)4-6-14(13)17/h3-9,19H,1-2H3. The lowest BCUT2D eigenvalue weighted by Gasteiger charge is -2.14. The zero-order chi connectivity index (χ0) is 14.0. The van der Waals surface area contributed by atoms with E-state index in [9.17, 15) is 0 Å². The van der Waals surface area contributed by atoms with Gasteiger partial charge in [0.2, 0.25) is 0 Å². The third-order valence-electron chi connectivity index (χ3n) is 3.14. The Bertz CT molecular complexity index is 596. The van der Waals surface area contributed by atoms with Gasteiger partial charge in [0.15, 0.2) is 0 Å². The summed E-state index contributed by atoms with van der Waals surface area (Å²) in [5.74, 6) is 0. The highest BCUT2D eigenvalue weighted by atomic mass is 35.5. The van der Waals surface area contributed by atoms with E-state index in [4.69, 9.17) is 34.8 Å². The van der Waals surface area contributed by atoms with Gasteiger partial charge in [0.05, 0.1) is 0 Å². The molecule has 0 aliphatic rings. The molecule has 0 heterocycles. The maximum atomic E-state index is 6.33. The third kappa shape index (κ3) is 3.24. The minimum Gasteiger partial charge on any atom is -0.313 e. The van der Waals surface area contributed by atoms with Crippen molar-refractivity contribution in [2.75, 3.05) is 7.05 Å². The van der Waals surface area contributed by atoms with Gasteiger partial charge >= 0.3 is 0 Å². The molecule has 0 fully saturated rings. The molecule has 0 aliphatic carbocycles. The van der Waals surface area contributed by atoms with Crippen LogP contribution in [-0.2, 0) is 0 Å². The van der Waals surface area contributed by atoms with Gasteiger partial charge in [-0.1, -0.05) is 46.9 Å². The SMILES string of the molecule is CNC(C)c1ccc(-c2cc(Cl)ccc2Cl)cc1Cl. The number of nitrogens with one attached hydrogen (secondary N) is 1. The number of hydrogen-bond donors (Lipinski definition) is 1. The molecule has 1 N–H and O–H groups in total. The van der Waals surface area contributed by atoms with E-state index in [0.29, 0.717) is 10.0 Å². The first kappa shape index (κ1) is 14.7. The molecular weight excluding hydrogens is 301 g/mol. The molecular formula is C15H14Cl3N. The van der Waals surface area contributed by atoms with E-state index in [0.717, 1.165) is 21.7 Å². The number of halogens is 3. The Balaban J connectivity index is 2.47. The van der Waals surface area contributed by atoms with E-state index in [1.54, 1.807) is 12.1 Å². The molecule has 100 valence electrons. The second kappa shape index (κ2) is 6.15. The fraction of sp³-hybridized carbons (Fsp3) is 0.200. The second-order valence-corrected chi connectivity index (χ2v) is 5.62. The van der Waals surface area contributed by atoms with Crippen molar-refractivity contribution in [1.29, 1.82) is 0 Å². The first-order valence-corrected chi connectivity index (χ1v) is 7.08. The van der Waals surface area contributed by atoms with Gasteiger partial charge in [0.1, 0.15) is 0 Å². The Labute approximate surface area is 128 Å². The van der Waals surface area contributed by atoms with Gasteiger partial charge in [0, 0.05) is 26.7 Å². The average molecular weight is 315 g/mol. The maximum Gasteiger partial charge on any atom is 0.0485 e. The Morgan fingerprint density at radius 3 is 2.32 bits per heavy atom. The van der Waals surface area contributed by atoms with Gasteiger partial charge in [-0.15, -0.1) is 0 Å². The van der Waals surface area contributed by atoms with E-state index in [1.165, 1.54) is 0 Å². The van der Waals surface area contributed by atoms with Gasteiger partial charge < -0.3 is 5.32 Å². The van der Waals surface area contributed by atoms with Crippen molar-refractivity contribution in [3.8, 4) is 11.1 Å². The van der Waals surface area contributed by atoms with E-state index in [2.05, 4.69) is 12.2 Å². The summed E-state index contributed by atoms with van der Waals surface area (Å²) in [6.07, 6.45) is 0. The van der Waals surface area contributed by atoms with Crippen molar-refractivity contribution in [2.24, 2.45) is 0 Å². The molecule has 19 heavy (non-hydrogen) atoms. The van der Waals surface area contributed by atoms with Crippen LogP contribution in [0.2, 0.25) is 15.1 Å². The second-order valence-electron chi connectivity index (χ2n) is 4.37. The predicted octanol–water partition coefficient (Wildman–Crippen LogP) is 5.59.